The van der Waals surface area contributed by atoms with Crippen LogP contribution in [0.3, 0.4) is 0 Å². The minimum Gasteiger partial charge on any atom is -0.370 e. The lowest BCUT2D eigenvalue weighted by Crippen LogP contribution is -2.16. The van der Waals surface area contributed by atoms with Gasteiger partial charge >= 0.3 is 0 Å². The second kappa shape index (κ2) is 6.47. The third kappa shape index (κ3) is 3.33. The van der Waals surface area contributed by atoms with Crippen LogP contribution in [0.5, 0.6) is 0 Å². The molecule has 0 aromatic carbocycles. The van der Waals surface area contributed by atoms with Crippen molar-refractivity contribution >= 4 is 33.3 Å². The minimum absolute atomic E-state index is 0.205. The van der Waals surface area contributed by atoms with Crippen LogP contribution in [0.25, 0.3) is 0 Å². The summed E-state index contributed by atoms with van der Waals surface area (Å²) in [4.78, 5) is 20.6. The molecule has 0 aliphatic heterocycles. The molecular weight excluding hydrogens is 320 g/mol. The van der Waals surface area contributed by atoms with Crippen molar-refractivity contribution < 1.29 is 4.79 Å². The highest BCUT2D eigenvalue weighted by molar-refractivity contribution is 9.10. The van der Waals surface area contributed by atoms with E-state index in [1.54, 1.807) is 30.7 Å². The van der Waals surface area contributed by atoms with Crippen LogP contribution in [0.15, 0.2) is 35.2 Å². The van der Waals surface area contributed by atoms with Crippen molar-refractivity contribution in [2.45, 2.75) is 13.8 Å². The lowest BCUT2D eigenvalue weighted by molar-refractivity contribution is 0.102. The van der Waals surface area contributed by atoms with E-state index in [0.717, 1.165) is 15.7 Å². The Labute approximate surface area is 126 Å². The van der Waals surface area contributed by atoms with Gasteiger partial charge in [0.25, 0.3) is 5.91 Å². The van der Waals surface area contributed by atoms with Crippen LogP contribution < -0.4 is 10.6 Å². The van der Waals surface area contributed by atoms with Gasteiger partial charge in [0.2, 0.25) is 0 Å². The zero-order valence-electron chi connectivity index (χ0n) is 11.3. The van der Waals surface area contributed by atoms with Crippen molar-refractivity contribution in [2.24, 2.45) is 0 Å². The van der Waals surface area contributed by atoms with Crippen molar-refractivity contribution in [1.29, 1.82) is 0 Å². The van der Waals surface area contributed by atoms with E-state index in [0.29, 0.717) is 17.9 Å². The number of nitrogens with zero attached hydrogens (tertiary/aromatic N) is 2. The monoisotopic (exact) mass is 334 g/mol. The lowest BCUT2D eigenvalue weighted by atomic mass is 10.2. The molecule has 0 unspecified atom stereocenters. The van der Waals surface area contributed by atoms with Crippen molar-refractivity contribution in [3.8, 4) is 0 Å². The molecule has 6 heteroatoms. The molecule has 104 valence electrons. The maximum atomic E-state index is 12.4. The number of nitrogens with one attached hydrogen (secondary N) is 2. The number of hydrogen-bond donors (Lipinski definition) is 2. The Hall–Kier alpha value is -1.95. The molecule has 1 amide bonds. The normalized spacial score (nSPS) is 10.2. The Morgan fingerprint density at radius 2 is 2.20 bits per heavy atom. The highest BCUT2D eigenvalue weighted by atomic mass is 79.9. The number of pyridine rings is 2. The van der Waals surface area contributed by atoms with Gasteiger partial charge < -0.3 is 10.6 Å². The standard InChI is InChI=1S/C14H15BrN4O/c1-3-17-13-11(6-10(15)8-18-13)14(20)19-12-4-5-16-7-9(12)2/h4-8H,3H2,1-2H3,(H,17,18)(H,16,19,20). The van der Waals surface area contributed by atoms with E-state index in [9.17, 15) is 4.79 Å². The van der Waals surface area contributed by atoms with Crippen LogP contribution in [0, 0.1) is 6.92 Å². The zero-order chi connectivity index (χ0) is 14.5. The van der Waals surface area contributed by atoms with Gasteiger partial charge in [0.05, 0.1) is 5.56 Å². The number of hydrogen-bond acceptors (Lipinski definition) is 4. The second-order valence-corrected chi connectivity index (χ2v) is 5.14. The van der Waals surface area contributed by atoms with E-state index < -0.39 is 0 Å². The molecular formula is C14H15BrN4O. The van der Waals surface area contributed by atoms with E-state index in [-0.39, 0.29) is 5.91 Å². The molecule has 2 rings (SSSR count). The Kier molecular flexibility index (Phi) is 4.68. The molecule has 2 heterocycles. The van der Waals surface area contributed by atoms with Crippen LogP contribution >= 0.6 is 15.9 Å². The van der Waals surface area contributed by atoms with Crippen molar-refractivity contribution in [1.82, 2.24) is 9.97 Å². The molecule has 2 N–H and O–H groups in total. The predicted molar refractivity (Wildman–Crippen MR) is 83.0 cm³/mol. The van der Waals surface area contributed by atoms with Gasteiger partial charge in [-0.1, -0.05) is 0 Å². The highest BCUT2D eigenvalue weighted by Gasteiger charge is 2.14. The van der Waals surface area contributed by atoms with E-state index in [2.05, 4.69) is 36.5 Å². The van der Waals surface area contributed by atoms with E-state index >= 15 is 0 Å². The van der Waals surface area contributed by atoms with Crippen LogP contribution in [0.4, 0.5) is 11.5 Å². The molecule has 20 heavy (non-hydrogen) atoms. The molecule has 0 atom stereocenters. The Bertz CT molecular complexity index is 630. The first kappa shape index (κ1) is 14.5. The predicted octanol–water partition coefficient (Wildman–Crippen LogP) is 3.23. The lowest BCUT2D eigenvalue weighted by Gasteiger charge is -2.11. The molecule has 0 aliphatic rings. The summed E-state index contributed by atoms with van der Waals surface area (Å²) in [5.74, 6) is 0.365. The zero-order valence-corrected chi connectivity index (χ0v) is 12.9. The van der Waals surface area contributed by atoms with Gasteiger partial charge in [-0.25, -0.2) is 4.98 Å². The van der Waals surface area contributed by atoms with E-state index in [1.807, 2.05) is 13.8 Å². The van der Waals surface area contributed by atoms with Gasteiger partial charge in [-0.15, -0.1) is 0 Å². The summed E-state index contributed by atoms with van der Waals surface area (Å²) in [6.07, 6.45) is 5.01. The topological polar surface area (TPSA) is 66.9 Å². The second-order valence-electron chi connectivity index (χ2n) is 4.22. The molecule has 0 saturated carbocycles. The SMILES string of the molecule is CCNc1ncc(Br)cc1C(=O)Nc1ccncc1C. The summed E-state index contributed by atoms with van der Waals surface area (Å²) in [5, 5.41) is 5.95. The number of rotatable bonds is 4. The molecule has 0 aliphatic carbocycles. The van der Waals surface area contributed by atoms with Gasteiger partial charge in [0.1, 0.15) is 5.82 Å². The maximum Gasteiger partial charge on any atom is 0.259 e. The first-order valence-corrected chi connectivity index (χ1v) is 7.02. The summed E-state index contributed by atoms with van der Waals surface area (Å²) in [5.41, 5.74) is 2.15. The van der Waals surface area contributed by atoms with Crippen molar-refractivity contribution in [2.75, 3.05) is 17.2 Å². The average molecular weight is 335 g/mol. The molecule has 2 aromatic heterocycles. The van der Waals surface area contributed by atoms with E-state index in [4.69, 9.17) is 0 Å². The largest absolute Gasteiger partial charge is 0.370 e. The molecule has 0 bridgehead atoms. The van der Waals surface area contributed by atoms with Crippen molar-refractivity contribution in [3.63, 3.8) is 0 Å². The number of carbonyl (C=O) groups excluding carboxylic acids is 1. The van der Waals surface area contributed by atoms with E-state index in [1.165, 1.54) is 0 Å². The molecule has 2 aromatic rings. The fraction of sp³-hybridized carbons (Fsp3) is 0.214. The number of halogens is 1. The number of aromatic nitrogens is 2. The fourth-order valence-corrected chi connectivity index (χ4v) is 2.06. The third-order valence-corrected chi connectivity index (χ3v) is 3.15. The quantitative estimate of drug-likeness (QED) is 0.900. The Balaban J connectivity index is 2.29. The maximum absolute atomic E-state index is 12.4. The van der Waals surface area contributed by atoms with Crippen molar-refractivity contribution in [3.05, 3.63) is 46.3 Å². The first-order valence-electron chi connectivity index (χ1n) is 6.23. The van der Waals surface area contributed by atoms with Crippen LogP contribution in [-0.4, -0.2) is 22.4 Å². The van der Waals surface area contributed by atoms with Gasteiger partial charge in [-0.05, 0) is 47.5 Å². The Morgan fingerprint density at radius 3 is 2.90 bits per heavy atom. The van der Waals surface area contributed by atoms with Gasteiger partial charge in [-0.2, -0.15) is 0 Å². The van der Waals surface area contributed by atoms with Crippen LogP contribution in [0.2, 0.25) is 0 Å². The number of aryl methyl sites for hydroxylation is 1. The molecule has 0 radical (unpaired) electrons. The summed E-state index contributed by atoms with van der Waals surface area (Å²) in [7, 11) is 0. The third-order valence-electron chi connectivity index (χ3n) is 2.71. The first-order chi connectivity index (χ1) is 9.61. The smallest absolute Gasteiger partial charge is 0.259 e. The summed E-state index contributed by atoms with van der Waals surface area (Å²) < 4.78 is 0.760. The molecule has 0 fully saturated rings. The summed E-state index contributed by atoms with van der Waals surface area (Å²) in [6.45, 7) is 4.55. The Morgan fingerprint density at radius 1 is 1.40 bits per heavy atom. The fourth-order valence-electron chi connectivity index (χ4n) is 1.72. The molecule has 0 saturated heterocycles. The minimum atomic E-state index is -0.205. The summed E-state index contributed by atoms with van der Waals surface area (Å²) >= 11 is 3.34. The van der Waals surface area contributed by atoms with Crippen LogP contribution in [-0.2, 0) is 0 Å². The number of anilines is 2. The molecule has 0 spiro atoms. The highest BCUT2D eigenvalue weighted by Crippen LogP contribution is 2.20. The average Bonchev–Trinajstić information content (AvgIpc) is 2.43. The van der Waals surface area contributed by atoms with Crippen LogP contribution in [0.1, 0.15) is 22.8 Å². The van der Waals surface area contributed by atoms with Gasteiger partial charge in [0.15, 0.2) is 0 Å². The molecule has 5 nitrogen and oxygen atoms in total. The number of carbonyl (C=O) groups is 1. The summed E-state index contributed by atoms with van der Waals surface area (Å²) in [6, 6.07) is 3.52. The van der Waals surface area contributed by atoms with Gasteiger partial charge in [0, 0.05) is 35.3 Å². The number of amides is 1. The van der Waals surface area contributed by atoms with Gasteiger partial charge in [-0.3, -0.25) is 9.78 Å².